The van der Waals surface area contributed by atoms with Crippen molar-refractivity contribution in [3.63, 3.8) is 0 Å². The highest BCUT2D eigenvalue weighted by molar-refractivity contribution is 8.13. The number of rotatable bonds is 4. The molecular formula is C13H15Cl2NO4S. The molecule has 1 unspecified atom stereocenters. The molecule has 1 aromatic rings. The van der Waals surface area contributed by atoms with E-state index in [1.807, 2.05) is 0 Å². The molecule has 1 N–H and O–H groups in total. The van der Waals surface area contributed by atoms with Crippen LogP contribution in [0.15, 0.2) is 23.1 Å². The van der Waals surface area contributed by atoms with Crippen LogP contribution >= 0.6 is 22.3 Å². The van der Waals surface area contributed by atoms with Gasteiger partial charge in [-0.1, -0.05) is 11.6 Å². The van der Waals surface area contributed by atoms with Crippen molar-refractivity contribution in [3.05, 3.63) is 28.8 Å². The number of halogens is 2. The first kappa shape index (κ1) is 16.5. The van der Waals surface area contributed by atoms with E-state index in [1.165, 1.54) is 18.2 Å². The van der Waals surface area contributed by atoms with Gasteiger partial charge in [0, 0.05) is 23.8 Å². The number of benzene rings is 1. The Hall–Kier alpha value is -0.820. The number of carbonyl (C=O) groups is 1. The van der Waals surface area contributed by atoms with Gasteiger partial charge in [0.2, 0.25) is 0 Å². The van der Waals surface area contributed by atoms with E-state index in [1.54, 1.807) is 0 Å². The highest BCUT2D eigenvalue weighted by Crippen LogP contribution is 2.23. The molecule has 8 heteroatoms. The van der Waals surface area contributed by atoms with Gasteiger partial charge in [0.1, 0.15) is 0 Å². The van der Waals surface area contributed by atoms with Gasteiger partial charge in [-0.3, -0.25) is 4.79 Å². The Morgan fingerprint density at radius 2 is 2.14 bits per heavy atom. The molecule has 0 aromatic heterocycles. The molecule has 1 fully saturated rings. The molecule has 5 nitrogen and oxygen atoms in total. The van der Waals surface area contributed by atoms with Crippen LogP contribution in [0.2, 0.25) is 5.02 Å². The summed E-state index contributed by atoms with van der Waals surface area (Å²) < 4.78 is 28.1. The lowest BCUT2D eigenvalue weighted by atomic mass is 10.1. The van der Waals surface area contributed by atoms with E-state index in [4.69, 9.17) is 27.0 Å². The first-order chi connectivity index (χ1) is 9.88. The Bertz CT molecular complexity index is 627. The predicted molar refractivity (Wildman–Crippen MR) is 80.4 cm³/mol. The Balaban J connectivity index is 2.07. The van der Waals surface area contributed by atoms with Crippen molar-refractivity contribution in [3.8, 4) is 0 Å². The fourth-order valence-corrected chi connectivity index (χ4v) is 3.08. The third-order valence-corrected chi connectivity index (χ3v) is 4.91. The SMILES string of the molecule is O=C(NCC1CCCCO1)c1cc(S(=O)(=O)Cl)ccc1Cl. The zero-order chi connectivity index (χ0) is 15.5. The summed E-state index contributed by atoms with van der Waals surface area (Å²) in [6.07, 6.45) is 2.98. The predicted octanol–water partition coefficient (Wildman–Crippen LogP) is 2.57. The second-order valence-electron chi connectivity index (χ2n) is 4.78. The lowest BCUT2D eigenvalue weighted by Crippen LogP contribution is -2.35. The van der Waals surface area contributed by atoms with Crippen LogP contribution in [-0.4, -0.2) is 33.6 Å². The Kier molecular flexibility index (Phi) is 5.48. The molecule has 0 saturated carbocycles. The maximum absolute atomic E-state index is 12.1. The summed E-state index contributed by atoms with van der Waals surface area (Å²) in [5.74, 6) is -0.448. The van der Waals surface area contributed by atoms with Gasteiger partial charge in [-0.05, 0) is 37.5 Å². The molecule has 1 amide bonds. The number of ether oxygens (including phenoxy) is 1. The Morgan fingerprint density at radius 1 is 1.38 bits per heavy atom. The highest BCUT2D eigenvalue weighted by atomic mass is 35.7. The van der Waals surface area contributed by atoms with Crippen LogP contribution in [0.25, 0.3) is 0 Å². The van der Waals surface area contributed by atoms with Crippen molar-refractivity contribution in [1.29, 1.82) is 0 Å². The van der Waals surface area contributed by atoms with E-state index in [-0.39, 0.29) is 21.6 Å². The molecule has 1 saturated heterocycles. The number of amides is 1. The van der Waals surface area contributed by atoms with Crippen LogP contribution in [-0.2, 0) is 13.8 Å². The van der Waals surface area contributed by atoms with Gasteiger partial charge >= 0.3 is 0 Å². The second kappa shape index (κ2) is 6.96. The molecular weight excluding hydrogens is 337 g/mol. The summed E-state index contributed by atoms with van der Waals surface area (Å²) >= 11 is 5.93. The summed E-state index contributed by atoms with van der Waals surface area (Å²) in [5, 5.41) is 2.87. The number of hydrogen-bond acceptors (Lipinski definition) is 4. The standard InChI is InChI=1S/C13H15Cl2NO4S/c14-12-5-4-10(21(15,18)19)7-11(12)13(17)16-8-9-3-1-2-6-20-9/h4-5,7,9H,1-3,6,8H2,(H,16,17). The van der Waals surface area contributed by atoms with Gasteiger partial charge in [0.15, 0.2) is 0 Å². The van der Waals surface area contributed by atoms with Gasteiger partial charge in [0.25, 0.3) is 15.0 Å². The smallest absolute Gasteiger partial charge is 0.261 e. The first-order valence-corrected chi connectivity index (χ1v) is 9.20. The topological polar surface area (TPSA) is 72.5 Å². The van der Waals surface area contributed by atoms with Crippen molar-refractivity contribution >= 4 is 37.2 Å². The molecule has 0 aliphatic carbocycles. The average Bonchev–Trinajstić information content (AvgIpc) is 2.45. The second-order valence-corrected chi connectivity index (χ2v) is 7.75. The van der Waals surface area contributed by atoms with Gasteiger partial charge in [0.05, 0.1) is 21.6 Å². The molecule has 116 valence electrons. The number of nitrogens with one attached hydrogen (secondary N) is 1. The minimum absolute atomic E-state index is 0.0126. The van der Waals surface area contributed by atoms with E-state index in [9.17, 15) is 13.2 Å². The normalized spacial score (nSPS) is 19.2. The van der Waals surface area contributed by atoms with Crippen LogP contribution in [0.5, 0.6) is 0 Å². The Labute approximate surface area is 133 Å². The van der Waals surface area contributed by atoms with Crippen LogP contribution < -0.4 is 5.32 Å². The van der Waals surface area contributed by atoms with Crippen LogP contribution in [0, 0.1) is 0 Å². The van der Waals surface area contributed by atoms with Crippen molar-refractivity contribution in [2.24, 2.45) is 0 Å². The molecule has 0 spiro atoms. The lowest BCUT2D eigenvalue weighted by Gasteiger charge is -2.22. The third kappa shape index (κ3) is 4.57. The summed E-state index contributed by atoms with van der Waals surface area (Å²) in [4.78, 5) is 11.9. The summed E-state index contributed by atoms with van der Waals surface area (Å²) in [6.45, 7) is 1.06. The van der Waals surface area contributed by atoms with E-state index in [0.717, 1.165) is 19.3 Å². The fourth-order valence-electron chi connectivity index (χ4n) is 2.10. The van der Waals surface area contributed by atoms with Crippen molar-refractivity contribution < 1.29 is 17.9 Å². The summed E-state index contributed by atoms with van der Waals surface area (Å²) in [5.41, 5.74) is 0.0780. The lowest BCUT2D eigenvalue weighted by molar-refractivity contribution is 0.0169. The van der Waals surface area contributed by atoms with E-state index < -0.39 is 15.0 Å². The van der Waals surface area contributed by atoms with Crippen molar-refractivity contribution in [2.45, 2.75) is 30.3 Å². The molecule has 1 aliphatic heterocycles. The molecule has 1 aromatic carbocycles. The molecule has 0 bridgehead atoms. The average molecular weight is 352 g/mol. The maximum atomic E-state index is 12.1. The van der Waals surface area contributed by atoms with E-state index in [2.05, 4.69) is 5.32 Å². The molecule has 1 aliphatic rings. The summed E-state index contributed by atoms with van der Waals surface area (Å²) in [6, 6.07) is 3.76. The first-order valence-electron chi connectivity index (χ1n) is 6.52. The quantitative estimate of drug-likeness (QED) is 0.846. The third-order valence-electron chi connectivity index (χ3n) is 3.23. The van der Waals surface area contributed by atoms with E-state index in [0.29, 0.717) is 13.2 Å². The zero-order valence-electron chi connectivity index (χ0n) is 11.1. The molecule has 1 atom stereocenters. The van der Waals surface area contributed by atoms with Crippen molar-refractivity contribution in [2.75, 3.05) is 13.2 Å². The minimum Gasteiger partial charge on any atom is -0.376 e. The Morgan fingerprint density at radius 3 is 2.76 bits per heavy atom. The van der Waals surface area contributed by atoms with Gasteiger partial charge in [-0.25, -0.2) is 8.42 Å². The monoisotopic (exact) mass is 351 g/mol. The molecule has 0 radical (unpaired) electrons. The zero-order valence-corrected chi connectivity index (χ0v) is 13.5. The van der Waals surface area contributed by atoms with E-state index >= 15 is 0 Å². The number of carbonyl (C=O) groups excluding carboxylic acids is 1. The van der Waals surface area contributed by atoms with Gasteiger partial charge in [-0.15, -0.1) is 0 Å². The van der Waals surface area contributed by atoms with Gasteiger partial charge in [-0.2, -0.15) is 0 Å². The fraction of sp³-hybridized carbons (Fsp3) is 0.462. The molecule has 2 rings (SSSR count). The molecule has 1 heterocycles. The minimum atomic E-state index is -3.90. The molecule has 21 heavy (non-hydrogen) atoms. The van der Waals surface area contributed by atoms with Crippen LogP contribution in [0.1, 0.15) is 29.6 Å². The van der Waals surface area contributed by atoms with Crippen LogP contribution in [0.4, 0.5) is 0 Å². The number of hydrogen-bond donors (Lipinski definition) is 1. The van der Waals surface area contributed by atoms with Gasteiger partial charge < -0.3 is 10.1 Å². The van der Waals surface area contributed by atoms with Crippen LogP contribution in [0.3, 0.4) is 0 Å². The highest BCUT2D eigenvalue weighted by Gasteiger charge is 2.19. The largest absolute Gasteiger partial charge is 0.376 e. The summed E-state index contributed by atoms with van der Waals surface area (Å²) in [7, 11) is 1.36. The maximum Gasteiger partial charge on any atom is 0.261 e. The van der Waals surface area contributed by atoms with Crippen molar-refractivity contribution in [1.82, 2.24) is 5.32 Å².